The van der Waals surface area contributed by atoms with E-state index in [9.17, 15) is 4.79 Å². The molecular formula is C13H18N2O2. The van der Waals surface area contributed by atoms with Crippen LogP contribution in [0.1, 0.15) is 19.3 Å². The van der Waals surface area contributed by atoms with Crippen LogP contribution >= 0.6 is 0 Å². The summed E-state index contributed by atoms with van der Waals surface area (Å²) in [5.74, 6) is 1.16. The van der Waals surface area contributed by atoms with Crippen LogP contribution in [0.2, 0.25) is 0 Å². The molecule has 0 bridgehead atoms. The van der Waals surface area contributed by atoms with Crippen LogP contribution in [-0.4, -0.2) is 19.1 Å². The van der Waals surface area contributed by atoms with Crippen molar-refractivity contribution in [2.45, 2.75) is 25.3 Å². The lowest BCUT2D eigenvalue weighted by molar-refractivity contribution is -0.116. The number of carbonyl (C=O) groups is 1. The van der Waals surface area contributed by atoms with Gasteiger partial charge in [0.25, 0.3) is 0 Å². The Hall–Kier alpha value is -1.55. The highest BCUT2D eigenvalue weighted by Gasteiger charge is 2.29. The van der Waals surface area contributed by atoms with E-state index in [4.69, 9.17) is 10.5 Å². The summed E-state index contributed by atoms with van der Waals surface area (Å²) in [4.78, 5) is 11.8. The van der Waals surface area contributed by atoms with Gasteiger partial charge in [-0.1, -0.05) is 12.1 Å². The first-order valence-corrected chi connectivity index (χ1v) is 5.89. The van der Waals surface area contributed by atoms with Gasteiger partial charge in [-0.05, 0) is 30.9 Å². The Bertz CT molecular complexity index is 402. The maximum absolute atomic E-state index is 11.8. The molecule has 0 aliphatic heterocycles. The third-order valence-corrected chi connectivity index (χ3v) is 3.03. The monoisotopic (exact) mass is 234 g/mol. The van der Waals surface area contributed by atoms with Gasteiger partial charge in [0.2, 0.25) is 5.91 Å². The van der Waals surface area contributed by atoms with Crippen molar-refractivity contribution in [3.05, 3.63) is 24.3 Å². The van der Waals surface area contributed by atoms with Crippen molar-refractivity contribution in [1.29, 1.82) is 0 Å². The van der Waals surface area contributed by atoms with Gasteiger partial charge in [0.15, 0.2) is 0 Å². The fraction of sp³-hybridized carbons (Fsp3) is 0.462. The number of para-hydroxylation sites is 2. The van der Waals surface area contributed by atoms with Gasteiger partial charge in [-0.2, -0.15) is 0 Å². The number of hydrogen-bond donors (Lipinski definition) is 2. The molecule has 0 spiro atoms. The van der Waals surface area contributed by atoms with E-state index in [1.165, 1.54) is 0 Å². The molecule has 1 fully saturated rings. The summed E-state index contributed by atoms with van der Waals surface area (Å²) in [6, 6.07) is 7.35. The number of hydrogen-bond acceptors (Lipinski definition) is 3. The molecule has 1 aliphatic carbocycles. The largest absolute Gasteiger partial charge is 0.495 e. The van der Waals surface area contributed by atoms with Crippen LogP contribution in [0.4, 0.5) is 5.69 Å². The number of rotatable bonds is 5. The Morgan fingerprint density at radius 2 is 2.24 bits per heavy atom. The molecule has 2 rings (SSSR count). The molecule has 1 aliphatic rings. The summed E-state index contributed by atoms with van der Waals surface area (Å²) < 4.78 is 5.17. The fourth-order valence-corrected chi connectivity index (χ4v) is 1.85. The third kappa shape index (κ3) is 3.20. The minimum absolute atomic E-state index is 0.00953. The lowest BCUT2D eigenvalue weighted by Gasteiger charge is -2.12. The van der Waals surface area contributed by atoms with Gasteiger partial charge >= 0.3 is 0 Å². The molecule has 1 amide bonds. The smallest absolute Gasteiger partial charge is 0.226 e. The molecule has 1 aromatic rings. The molecule has 17 heavy (non-hydrogen) atoms. The summed E-state index contributed by atoms with van der Waals surface area (Å²) in [5.41, 5.74) is 6.61. The highest BCUT2D eigenvalue weighted by atomic mass is 16.5. The van der Waals surface area contributed by atoms with Crippen molar-refractivity contribution in [3.8, 4) is 5.75 Å². The van der Waals surface area contributed by atoms with Crippen molar-refractivity contribution in [3.63, 3.8) is 0 Å². The predicted molar refractivity (Wildman–Crippen MR) is 66.9 cm³/mol. The SMILES string of the molecule is COc1ccccc1NC(=O)CC(N)C1CC1. The topological polar surface area (TPSA) is 64.3 Å². The molecule has 1 atom stereocenters. The second-order valence-electron chi connectivity index (χ2n) is 4.45. The Morgan fingerprint density at radius 1 is 1.53 bits per heavy atom. The number of anilines is 1. The van der Waals surface area contributed by atoms with Gasteiger partial charge in [0.1, 0.15) is 5.75 Å². The maximum atomic E-state index is 11.8. The average molecular weight is 234 g/mol. The standard InChI is InChI=1S/C13H18N2O2/c1-17-12-5-3-2-4-11(12)15-13(16)8-10(14)9-6-7-9/h2-5,9-10H,6-8,14H2,1H3,(H,15,16). The Labute approximate surface area is 101 Å². The predicted octanol–water partition coefficient (Wildman–Crippen LogP) is 1.76. The van der Waals surface area contributed by atoms with Gasteiger partial charge in [-0.25, -0.2) is 0 Å². The molecule has 0 aromatic heterocycles. The molecule has 0 heterocycles. The number of carbonyl (C=O) groups excluding carboxylic acids is 1. The van der Waals surface area contributed by atoms with E-state index in [0.717, 1.165) is 12.8 Å². The molecule has 0 radical (unpaired) electrons. The van der Waals surface area contributed by atoms with E-state index in [-0.39, 0.29) is 11.9 Å². The highest BCUT2D eigenvalue weighted by Crippen LogP contribution is 2.33. The van der Waals surface area contributed by atoms with Gasteiger partial charge in [0.05, 0.1) is 12.8 Å². The number of nitrogens with two attached hydrogens (primary N) is 1. The van der Waals surface area contributed by atoms with Crippen LogP contribution in [0.25, 0.3) is 0 Å². The van der Waals surface area contributed by atoms with E-state index in [0.29, 0.717) is 23.8 Å². The van der Waals surface area contributed by atoms with Crippen molar-refractivity contribution < 1.29 is 9.53 Å². The number of methoxy groups -OCH3 is 1. The average Bonchev–Trinajstić information content (AvgIpc) is 3.13. The Morgan fingerprint density at radius 3 is 2.88 bits per heavy atom. The quantitative estimate of drug-likeness (QED) is 0.816. The van der Waals surface area contributed by atoms with Gasteiger partial charge in [0, 0.05) is 12.5 Å². The van der Waals surface area contributed by atoms with E-state index in [1.54, 1.807) is 7.11 Å². The molecule has 1 aromatic carbocycles. The van der Waals surface area contributed by atoms with Crippen LogP contribution in [0.3, 0.4) is 0 Å². The zero-order chi connectivity index (χ0) is 12.3. The maximum Gasteiger partial charge on any atom is 0.226 e. The molecule has 1 saturated carbocycles. The molecule has 92 valence electrons. The summed E-state index contributed by atoms with van der Waals surface area (Å²) >= 11 is 0. The minimum atomic E-state index is -0.0473. The van der Waals surface area contributed by atoms with E-state index < -0.39 is 0 Å². The molecule has 0 saturated heterocycles. The first-order chi connectivity index (χ1) is 8.20. The lowest BCUT2D eigenvalue weighted by atomic mass is 10.1. The first-order valence-electron chi connectivity index (χ1n) is 5.89. The number of ether oxygens (including phenoxy) is 1. The van der Waals surface area contributed by atoms with Crippen molar-refractivity contribution >= 4 is 11.6 Å². The molecule has 4 nitrogen and oxygen atoms in total. The highest BCUT2D eigenvalue weighted by molar-refractivity contribution is 5.92. The van der Waals surface area contributed by atoms with Crippen molar-refractivity contribution in [2.75, 3.05) is 12.4 Å². The summed E-state index contributed by atoms with van der Waals surface area (Å²) in [6.45, 7) is 0. The Kier molecular flexibility index (Phi) is 3.64. The first kappa shape index (κ1) is 11.9. The van der Waals surface area contributed by atoms with Crippen molar-refractivity contribution in [1.82, 2.24) is 0 Å². The van der Waals surface area contributed by atoms with Crippen LogP contribution in [0.15, 0.2) is 24.3 Å². The van der Waals surface area contributed by atoms with Crippen molar-refractivity contribution in [2.24, 2.45) is 11.7 Å². The number of amides is 1. The van der Waals surface area contributed by atoms with Gasteiger partial charge in [-0.15, -0.1) is 0 Å². The van der Waals surface area contributed by atoms with Crippen LogP contribution in [0.5, 0.6) is 5.75 Å². The van der Waals surface area contributed by atoms with E-state index >= 15 is 0 Å². The summed E-state index contributed by atoms with van der Waals surface area (Å²) in [5, 5.41) is 2.83. The number of benzene rings is 1. The van der Waals surface area contributed by atoms with Gasteiger partial charge in [-0.3, -0.25) is 4.79 Å². The van der Waals surface area contributed by atoms with E-state index in [1.807, 2.05) is 24.3 Å². The zero-order valence-electron chi connectivity index (χ0n) is 9.98. The molecule has 1 unspecified atom stereocenters. The molecule has 4 heteroatoms. The van der Waals surface area contributed by atoms with Crippen LogP contribution in [0, 0.1) is 5.92 Å². The Balaban J connectivity index is 1.92. The van der Waals surface area contributed by atoms with Crippen LogP contribution < -0.4 is 15.8 Å². The van der Waals surface area contributed by atoms with Gasteiger partial charge < -0.3 is 15.8 Å². The second kappa shape index (κ2) is 5.19. The van der Waals surface area contributed by atoms with Crippen LogP contribution in [-0.2, 0) is 4.79 Å². The van der Waals surface area contributed by atoms with E-state index in [2.05, 4.69) is 5.32 Å². The zero-order valence-corrected chi connectivity index (χ0v) is 9.98. The molecule has 3 N–H and O–H groups in total. The summed E-state index contributed by atoms with van der Waals surface area (Å²) in [7, 11) is 1.58. The third-order valence-electron chi connectivity index (χ3n) is 3.03. The molecular weight excluding hydrogens is 216 g/mol. The number of nitrogens with one attached hydrogen (secondary N) is 1. The minimum Gasteiger partial charge on any atom is -0.495 e. The lowest BCUT2D eigenvalue weighted by Crippen LogP contribution is -2.28. The summed E-state index contributed by atoms with van der Waals surface area (Å²) in [6.07, 6.45) is 2.69. The second-order valence-corrected chi connectivity index (χ2v) is 4.45. The normalized spacial score (nSPS) is 16.4. The fourth-order valence-electron chi connectivity index (χ4n) is 1.85.